The van der Waals surface area contributed by atoms with E-state index >= 15 is 0 Å². The molecule has 0 saturated heterocycles. The monoisotopic (exact) mass is 266 g/mol. The first-order valence-electron chi connectivity index (χ1n) is 7.83. The minimum atomic E-state index is -0.255. The molecule has 0 spiro atoms. The first-order chi connectivity index (χ1) is 9.00. The van der Waals surface area contributed by atoms with Crippen molar-refractivity contribution in [3.05, 3.63) is 12.2 Å². The third-order valence-electron chi connectivity index (χ3n) is 4.55. The van der Waals surface area contributed by atoms with Crippen molar-refractivity contribution >= 4 is 5.97 Å². The van der Waals surface area contributed by atoms with Gasteiger partial charge in [0.05, 0.1) is 6.61 Å². The van der Waals surface area contributed by atoms with Crippen LogP contribution in [0.3, 0.4) is 0 Å². The zero-order chi connectivity index (χ0) is 14.3. The quantitative estimate of drug-likeness (QED) is 0.378. The van der Waals surface area contributed by atoms with E-state index in [1.165, 1.54) is 38.5 Å². The number of ether oxygens (including phenoxy) is 1. The molecular weight excluding hydrogens is 236 g/mol. The van der Waals surface area contributed by atoms with Gasteiger partial charge in [-0.1, -0.05) is 52.5 Å². The summed E-state index contributed by atoms with van der Waals surface area (Å²) in [7, 11) is 0. The van der Waals surface area contributed by atoms with Gasteiger partial charge in [-0.2, -0.15) is 0 Å². The van der Waals surface area contributed by atoms with Crippen LogP contribution >= 0.6 is 0 Å². The highest BCUT2D eigenvalue weighted by Gasteiger charge is 2.23. The Labute approximate surface area is 118 Å². The topological polar surface area (TPSA) is 26.3 Å². The lowest BCUT2D eigenvalue weighted by atomic mass is 9.74. The highest BCUT2D eigenvalue weighted by molar-refractivity contribution is 5.86. The van der Waals surface area contributed by atoms with Crippen molar-refractivity contribution in [3.8, 4) is 0 Å². The first-order valence-corrected chi connectivity index (χ1v) is 7.83. The molecule has 0 aromatic rings. The summed E-state index contributed by atoms with van der Waals surface area (Å²) in [6.45, 7) is 10.6. The minimum Gasteiger partial charge on any atom is -0.462 e. The van der Waals surface area contributed by atoms with Gasteiger partial charge in [0, 0.05) is 5.57 Å². The van der Waals surface area contributed by atoms with Crippen LogP contribution in [0.1, 0.15) is 65.7 Å². The number of esters is 1. The Morgan fingerprint density at radius 3 is 2.53 bits per heavy atom. The van der Waals surface area contributed by atoms with Gasteiger partial charge in [-0.25, -0.2) is 4.79 Å². The van der Waals surface area contributed by atoms with Crippen molar-refractivity contribution in [1.82, 2.24) is 0 Å². The summed E-state index contributed by atoms with van der Waals surface area (Å²) in [4.78, 5) is 11.2. The first kappa shape index (κ1) is 16.3. The molecule has 0 amide bonds. The summed E-state index contributed by atoms with van der Waals surface area (Å²) in [5.41, 5.74) is 0.491. The molecule has 0 bridgehead atoms. The summed E-state index contributed by atoms with van der Waals surface area (Å²) in [5, 5.41) is 0. The molecular formula is C17H30O2. The van der Waals surface area contributed by atoms with E-state index < -0.39 is 0 Å². The van der Waals surface area contributed by atoms with Crippen LogP contribution in [0.4, 0.5) is 0 Å². The number of hydrogen-bond acceptors (Lipinski definition) is 2. The van der Waals surface area contributed by atoms with Crippen LogP contribution in [0.25, 0.3) is 0 Å². The maximum absolute atomic E-state index is 11.2. The minimum absolute atomic E-state index is 0.255. The van der Waals surface area contributed by atoms with Crippen LogP contribution in [-0.2, 0) is 9.53 Å². The van der Waals surface area contributed by atoms with Gasteiger partial charge >= 0.3 is 5.97 Å². The third kappa shape index (κ3) is 6.26. The van der Waals surface area contributed by atoms with Crippen LogP contribution in [-0.4, -0.2) is 12.6 Å². The molecule has 0 N–H and O–H groups in total. The van der Waals surface area contributed by atoms with Crippen LogP contribution < -0.4 is 0 Å². The van der Waals surface area contributed by atoms with E-state index in [9.17, 15) is 4.79 Å². The normalized spacial score (nSPS) is 27.0. The van der Waals surface area contributed by atoms with Crippen molar-refractivity contribution in [3.63, 3.8) is 0 Å². The number of hydrogen-bond donors (Lipinski definition) is 0. The Bertz CT molecular complexity index is 296. The average Bonchev–Trinajstić information content (AvgIpc) is 2.37. The fourth-order valence-electron chi connectivity index (χ4n) is 2.92. The fourth-order valence-corrected chi connectivity index (χ4v) is 2.92. The fraction of sp³-hybridized carbons (Fsp3) is 0.824. The molecule has 1 aliphatic carbocycles. The van der Waals surface area contributed by atoms with Gasteiger partial charge in [0.15, 0.2) is 0 Å². The van der Waals surface area contributed by atoms with E-state index in [4.69, 9.17) is 4.74 Å². The Balaban J connectivity index is 1.99. The zero-order valence-corrected chi connectivity index (χ0v) is 12.9. The molecule has 0 radical (unpaired) electrons. The molecule has 19 heavy (non-hydrogen) atoms. The zero-order valence-electron chi connectivity index (χ0n) is 12.9. The molecule has 0 aromatic carbocycles. The molecule has 0 aliphatic heterocycles. The van der Waals surface area contributed by atoms with Crippen LogP contribution in [0.2, 0.25) is 0 Å². The lowest BCUT2D eigenvalue weighted by molar-refractivity contribution is -0.139. The molecule has 3 unspecified atom stereocenters. The number of unbranched alkanes of at least 4 members (excludes halogenated alkanes) is 2. The van der Waals surface area contributed by atoms with Crippen LogP contribution in [0, 0.1) is 17.8 Å². The van der Waals surface area contributed by atoms with Crippen molar-refractivity contribution in [2.75, 3.05) is 6.61 Å². The van der Waals surface area contributed by atoms with Gasteiger partial charge in [-0.3, -0.25) is 0 Å². The SMILES string of the molecule is C=C(C)C(=O)OCCCCCC1CCC(C)C(C)C1. The third-order valence-corrected chi connectivity index (χ3v) is 4.55. The molecule has 110 valence electrons. The van der Waals surface area contributed by atoms with Crippen LogP contribution in [0.5, 0.6) is 0 Å². The molecule has 1 aliphatic rings. The standard InChI is InChI=1S/C17H30O2/c1-13(2)17(18)19-11-7-5-6-8-16-10-9-14(3)15(4)12-16/h14-16H,1,5-12H2,2-4H3. The molecule has 1 fully saturated rings. The van der Waals surface area contributed by atoms with Gasteiger partial charge in [0.1, 0.15) is 0 Å². The second kappa shape index (κ2) is 8.39. The lowest BCUT2D eigenvalue weighted by Crippen LogP contribution is -2.20. The van der Waals surface area contributed by atoms with Crippen molar-refractivity contribution in [2.45, 2.75) is 65.7 Å². The van der Waals surface area contributed by atoms with E-state index in [1.807, 2.05) is 0 Å². The number of carbonyl (C=O) groups excluding carboxylic acids is 1. The summed E-state index contributed by atoms with van der Waals surface area (Å²) in [5.74, 6) is 2.49. The molecule has 1 rings (SSSR count). The Kier molecular flexibility index (Phi) is 7.19. The smallest absolute Gasteiger partial charge is 0.333 e. The van der Waals surface area contributed by atoms with Gasteiger partial charge < -0.3 is 4.74 Å². The molecule has 1 saturated carbocycles. The van der Waals surface area contributed by atoms with Gasteiger partial charge in [-0.15, -0.1) is 0 Å². The van der Waals surface area contributed by atoms with E-state index in [1.54, 1.807) is 6.92 Å². The number of rotatable bonds is 7. The Morgan fingerprint density at radius 1 is 1.16 bits per heavy atom. The van der Waals surface area contributed by atoms with Crippen LogP contribution in [0.15, 0.2) is 12.2 Å². The van der Waals surface area contributed by atoms with Gasteiger partial charge in [0.2, 0.25) is 0 Å². The average molecular weight is 266 g/mol. The molecule has 0 heterocycles. The number of carbonyl (C=O) groups is 1. The summed E-state index contributed by atoms with van der Waals surface area (Å²) in [6, 6.07) is 0. The largest absolute Gasteiger partial charge is 0.462 e. The summed E-state index contributed by atoms with van der Waals surface area (Å²) >= 11 is 0. The maximum Gasteiger partial charge on any atom is 0.333 e. The van der Waals surface area contributed by atoms with E-state index in [2.05, 4.69) is 20.4 Å². The molecule has 0 aromatic heterocycles. The Morgan fingerprint density at radius 2 is 1.89 bits per heavy atom. The molecule has 2 nitrogen and oxygen atoms in total. The second-order valence-corrected chi connectivity index (χ2v) is 6.40. The van der Waals surface area contributed by atoms with E-state index in [0.717, 1.165) is 24.2 Å². The van der Waals surface area contributed by atoms with E-state index in [0.29, 0.717) is 12.2 Å². The van der Waals surface area contributed by atoms with Gasteiger partial charge in [-0.05, 0) is 37.5 Å². The lowest BCUT2D eigenvalue weighted by Gasteiger charge is -2.32. The molecule has 3 atom stereocenters. The van der Waals surface area contributed by atoms with Crippen molar-refractivity contribution in [2.24, 2.45) is 17.8 Å². The predicted molar refractivity (Wildman–Crippen MR) is 79.9 cm³/mol. The van der Waals surface area contributed by atoms with Crippen molar-refractivity contribution in [1.29, 1.82) is 0 Å². The second-order valence-electron chi connectivity index (χ2n) is 6.40. The Hall–Kier alpha value is -0.790. The highest BCUT2D eigenvalue weighted by Crippen LogP contribution is 2.35. The summed E-state index contributed by atoms with van der Waals surface area (Å²) < 4.78 is 5.09. The molecule has 2 heteroatoms. The summed E-state index contributed by atoms with van der Waals surface area (Å²) in [6.07, 6.45) is 9.01. The predicted octanol–water partition coefficient (Wildman–Crippen LogP) is 4.74. The van der Waals surface area contributed by atoms with Crippen molar-refractivity contribution < 1.29 is 9.53 Å². The highest BCUT2D eigenvalue weighted by atomic mass is 16.5. The van der Waals surface area contributed by atoms with Gasteiger partial charge in [0.25, 0.3) is 0 Å². The van der Waals surface area contributed by atoms with E-state index in [-0.39, 0.29) is 5.97 Å². The maximum atomic E-state index is 11.2.